The number of hydrogen-bond acceptors (Lipinski definition) is 5. The number of halogens is 2. The molecule has 31 heavy (non-hydrogen) atoms. The van der Waals surface area contributed by atoms with Crippen molar-refractivity contribution in [2.45, 2.75) is 89.6 Å². The third-order valence-electron chi connectivity index (χ3n) is 3.93. The zero-order chi connectivity index (χ0) is 24.2. The highest BCUT2D eigenvalue weighted by molar-refractivity contribution is 5.97. The standard InChI is InChI=1S/C11H18FNO3.C11H16FNO2/c1-4-5-6-9(14)13-8(10(15)16)7-11(2,3)12;1-4-5-6-9-13-8(10(14)15-9)7-11(2,3)12/h4,8H,1,5-7H2,2-3H3,(H,13,14)(H,15,16);4,8H,1,5-7H2,2-3H3. The van der Waals surface area contributed by atoms with Crippen molar-refractivity contribution in [3.63, 3.8) is 0 Å². The maximum absolute atomic E-state index is 13.3. The SMILES string of the molecule is C=CCCC(=O)NC(CC(C)(C)F)C(=O)O.C=CCCC1=NC(CC(C)(C)F)C(=O)O1. The number of carbonyl (C=O) groups is 3. The molecule has 2 N–H and O–H groups in total. The first-order chi connectivity index (χ1) is 14.2. The molecule has 1 aliphatic rings. The number of ether oxygens (including phenoxy) is 1. The third kappa shape index (κ3) is 14.1. The van der Waals surface area contributed by atoms with Gasteiger partial charge in [-0.25, -0.2) is 23.4 Å². The summed E-state index contributed by atoms with van der Waals surface area (Å²) in [5, 5.41) is 11.1. The molecule has 1 heterocycles. The molecule has 0 fully saturated rings. The van der Waals surface area contributed by atoms with Crippen LogP contribution in [0.4, 0.5) is 8.78 Å². The predicted molar refractivity (Wildman–Crippen MR) is 115 cm³/mol. The fourth-order valence-electron chi connectivity index (χ4n) is 2.55. The molecule has 176 valence electrons. The Labute approximate surface area is 182 Å². The molecule has 0 aliphatic carbocycles. The number of carboxylic acids is 1. The van der Waals surface area contributed by atoms with Crippen molar-refractivity contribution in [3.05, 3.63) is 25.3 Å². The molecule has 1 rings (SSSR count). The number of nitrogens with zero attached hydrogens (tertiary/aromatic N) is 1. The fourth-order valence-corrected chi connectivity index (χ4v) is 2.55. The lowest BCUT2D eigenvalue weighted by molar-refractivity contribution is -0.143. The molecule has 7 nitrogen and oxygen atoms in total. The fraction of sp³-hybridized carbons (Fsp3) is 0.636. The molecule has 0 bridgehead atoms. The Hall–Kier alpha value is -2.58. The second-order valence-electron chi connectivity index (χ2n) is 8.42. The summed E-state index contributed by atoms with van der Waals surface area (Å²) in [6.45, 7) is 12.4. The van der Waals surface area contributed by atoms with E-state index >= 15 is 0 Å². The molecule has 1 amide bonds. The first-order valence-electron chi connectivity index (χ1n) is 10.1. The summed E-state index contributed by atoms with van der Waals surface area (Å²) in [4.78, 5) is 37.4. The number of rotatable bonds is 12. The highest BCUT2D eigenvalue weighted by Crippen LogP contribution is 2.23. The van der Waals surface area contributed by atoms with Gasteiger partial charge in [-0.2, -0.15) is 0 Å². The Kier molecular flexibility index (Phi) is 11.9. The van der Waals surface area contributed by atoms with Gasteiger partial charge in [-0.3, -0.25) is 4.79 Å². The molecule has 9 heteroatoms. The molecule has 0 spiro atoms. The van der Waals surface area contributed by atoms with Crippen molar-refractivity contribution in [1.29, 1.82) is 0 Å². The Balaban J connectivity index is 0.000000581. The van der Waals surface area contributed by atoms with Crippen LogP contribution in [0.1, 0.15) is 66.2 Å². The minimum absolute atomic E-state index is 0.0728. The van der Waals surface area contributed by atoms with Crippen molar-refractivity contribution in [1.82, 2.24) is 5.32 Å². The van der Waals surface area contributed by atoms with Crippen molar-refractivity contribution in [2.75, 3.05) is 0 Å². The lowest BCUT2D eigenvalue weighted by atomic mass is 10.0. The molecule has 0 saturated heterocycles. The van der Waals surface area contributed by atoms with E-state index in [4.69, 9.17) is 9.84 Å². The van der Waals surface area contributed by atoms with E-state index in [0.717, 1.165) is 0 Å². The van der Waals surface area contributed by atoms with Crippen LogP contribution in [0.5, 0.6) is 0 Å². The minimum atomic E-state index is -1.63. The van der Waals surface area contributed by atoms with Crippen molar-refractivity contribution in [2.24, 2.45) is 4.99 Å². The molecule has 0 aromatic carbocycles. The first-order valence-corrected chi connectivity index (χ1v) is 10.1. The topological polar surface area (TPSA) is 105 Å². The highest BCUT2D eigenvalue weighted by atomic mass is 19.1. The van der Waals surface area contributed by atoms with Gasteiger partial charge in [0.05, 0.1) is 0 Å². The molecule has 0 saturated carbocycles. The number of cyclic esters (lactones) is 1. The normalized spacial score (nSPS) is 16.9. The summed E-state index contributed by atoms with van der Waals surface area (Å²) in [5.41, 5.74) is -3.03. The average Bonchev–Trinajstić information content (AvgIpc) is 2.94. The number of aliphatic carboxylic acids is 1. The van der Waals surface area contributed by atoms with E-state index in [1.165, 1.54) is 27.7 Å². The first kappa shape index (κ1) is 28.4. The number of carbonyl (C=O) groups excluding carboxylic acids is 2. The smallest absolute Gasteiger partial charge is 0.337 e. The summed E-state index contributed by atoms with van der Waals surface area (Å²) in [6, 6.07) is -1.86. The molecular formula is C22H34F2N2O5. The molecule has 2 unspecified atom stereocenters. The zero-order valence-electron chi connectivity index (χ0n) is 18.7. The molecule has 0 aromatic rings. The van der Waals surface area contributed by atoms with Crippen LogP contribution in [0, 0.1) is 0 Å². The van der Waals surface area contributed by atoms with Crippen LogP contribution >= 0.6 is 0 Å². The Morgan fingerprint density at radius 1 is 1.19 bits per heavy atom. The number of carboxylic acid groups (broad SMARTS) is 1. The van der Waals surface area contributed by atoms with Gasteiger partial charge in [0.25, 0.3) is 0 Å². The number of amides is 1. The van der Waals surface area contributed by atoms with Crippen molar-refractivity contribution < 1.29 is 33.0 Å². The lowest BCUT2D eigenvalue weighted by Gasteiger charge is -2.20. The number of nitrogens with one attached hydrogen (secondary N) is 1. The second kappa shape index (κ2) is 13.0. The highest BCUT2D eigenvalue weighted by Gasteiger charge is 2.34. The van der Waals surface area contributed by atoms with Crippen LogP contribution in [0.2, 0.25) is 0 Å². The van der Waals surface area contributed by atoms with E-state index in [-0.39, 0.29) is 19.3 Å². The van der Waals surface area contributed by atoms with E-state index in [9.17, 15) is 23.2 Å². The minimum Gasteiger partial charge on any atom is -0.480 e. The van der Waals surface area contributed by atoms with Gasteiger partial charge in [-0.1, -0.05) is 12.2 Å². The lowest BCUT2D eigenvalue weighted by Crippen LogP contribution is -2.44. The molecular weight excluding hydrogens is 410 g/mol. The number of alkyl halides is 2. The van der Waals surface area contributed by atoms with Crippen molar-refractivity contribution in [3.8, 4) is 0 Å². The van der Waals surface area contributed by atoms with Crippen LogP contribution in [0.25, 0.3) is 0 Å². The summed E-state index contributed by atoms with van der Waals surface area (Å²) in [7, 11) is 0. The van der Waals surface area contributed by atoms with Gasteiger partial charge >= 0.3 is 11.9 Å². The van der Waals surface area contributed by atoms with Gasteiger partial charge in [0, 0.05) is 25.7 Å². The van der Waals surface area contributed by atoms with Gasteiger partial charge < -0.3 is 15.2 Å². The van der Waals surface area contributed by atoms with Crippen LogP contribution in [0.3, 0.4) is 0 Å². The van der Waals surface area contributed by atoms with Gasteiger partial charge in [0.15, 0.2) is 11.9 Å². The quantitative estimate of drug-likeness (QED) is 0.349. The van der Waals surface area contributed by atoms with Crippen LogP contribution < -0.4 is 5.32 Å². The maximum atomic E-state index is 13.3. The second-order valence-corrected chi connectivity index (χ2v) is 8.42. The molecule has 0 radical (unpaired) electrons. The Bertz CT molecular complexity index is 678. The van der Waals surface area contributed by atoms with Crippen LogP contribution in [-0.2, 0) is 19.1 Å². The monoisotopic (exact) mass is 444 g/mol. The Morgan fingerprint density at radius 2 is 1.77 bits per heavy atom. The molecule has 2 atom stereocenters. The van der Waals surface area contributed by atoms with E-state index < -0.39 is 41.3 Å². The number of esters is 1. The van der Waals surface area contributed by atoms with Gasteiger partial charge in [-0.15, -0.1) is 13.2 Å². The van der Waals surface area contributed by atoms with Crippen molar-refractivity contribution >= 4 is 23.7 Å². The average molecular weight is 445 g/mol. The van der Waals surface area contributed by atoms with E-state index in [2.05, 4.69) is 23.5 Å². The van der Waals surface area contributed by atoms with E-state index in [1.54, 1.807) is 12.2 Å². The third-order valence-corrected chi connectivity index (χ3v) is 3.93. The van der Waals surface area contributed by atoms with E-state index in [0.29, 0.717) is 25.2 Å². The summed E-state index contributed by atoms with van der Waals surface area (Å²) < 4.78 is 31.5. The summed E-state index contributed by atoms with van der Waals surface area (Å²) >= 11 is 0. The molecule has 0 aromatic heterocycles. The van der Waals surface area contributed by atoms with Gasteiger partial charge in [-0.05, 0) is 40.5 Å². The van der Waals surface area contributed by atoms with Gasteiger partial charge in [0.1, 0.15) is 17.4 Å². The zero-order valence-corrected chi connectivity index (χ0v) is 18.7. The Morgan fingerprint density at radius 3 is 2.23 bits per heavy atom. The summed E-state index contributed by atoms with van der Waals surface area (Å²) in [5.74, 6) is -1.68. The largest absolute Gasteiger partial charge is 0.480 e. The van der Waals surface area contributed by atoms with Crippen LogP contribution in [-0.4, -0.2) is 52.3 Å². The summed E-state index contributed by atoms with van der Waals surface area (Å²) in [6.07, 6.45) is 5.01. The number of allylic oxidation sites excluding steroid dienone is 2. The van der Waals surface area contributed by atoms with Crippen LogP contribution in [0.15, 0.2) is 30.3 Å². The van der Waals surface area contributed by atoms with E-state index in [1.807, 2.05) is 0 Å². The number of aliphatic imine (C=N–C) groups is 1. The van der Waals surface area contributed by atoms with Gasteiger partial charge in [0.2, 0.25) is 5.91 Å². The maximum Gasteiger partial charge on any atom is 0.337 e. The predicted octanol–water partition coefficient (Wildman–Crippen LogP) is 4.07. The number of hydrogen-bond donors (Lipinski definition) is 2. The molecule has 1 aliphatic heterocycles.